The van der Waals surface area contributed by atoms with Crippen molar-refractivity contribution in [1.29, 1.82) is 0 Å². The summed E-state index contributed by atoms with van der Waals surface area (Å²) in [5, 5.41) is 5.93. The molecule has 3 aromatic rings. The molecule has 2 heteroatoms. The van der Waals surface area contributed by atoms with Crippen LogP contribution in [0.5, 0.6) is 0 Å². The van der Waals surface area contributed by atoms with Gasteiger partial charge < -0.3 is 0 Å². The van der Waals surface area contributed by atoms with E-state index >= 15 is 0 Å². The molecule has 0 saturated heterocycles. The Morgan fingerprint density at radius 2 is 0.682 bits per heavy atom. The average Bonchev–Trinajstić information content (AvgIpc) is 2.62. The Kier molecular flexibility index (Phi) is 4.71. The second kappa shape index (κ2) is 6.90. The maximum atomic E-state index is 2.38. The first-order chi connectivity index (χ1) is 10.8. The molecule has 0 aliphatic heterocycles. The molecule has 3 rings (SSSR count). The molecule has 0 aromatic heterocycles. The van der Waals surface area contributed by atoms with Crippen molar-refractivity contribution < 1.29 is 0 Å². The van der Waals surface area contributed by atoms with E-state index in [9.17, 15) is 0 Å². The zero-order chi connectivity index (χ0) is 15.4. The number of benzene rings is 3. The van der Waals surface area contributed by atoms with Gasteiger partial charge in [-0.15, -0.1) is 0 Å². The molecule has 0 aliphatic carbocycles. The Labute approximate surface area is 136 Å². The number of hydrogen-bond donors (Lipinski definition) is 0. The van der Waals surface area contributed by atoms with Crippen molar-refractivity contribution in [2.24, 2.45) is 0 Å². The van der Waals surface area contributed by atoms with Gasteiger partial charge in [-0.3, -0.25) is 0 Å². The van der Waals surface area contributed by atoms with E-state index in [4.69, 9.17) is 0 Å². The normalized spacial score (nSPS) is 11.1. The first-order valence-electron chi connectivity index (χ1n) is 7.64. The summed E-state index contributed by atoms with van der Waals surface area (Å²) in [5.41, 5.74) is 0. The molecule has 0 fully saturated rings. The smallest absolute Gasteiger partial charge is 0.0630 e. The van der Waals surface area contributed by atoms with Crippen LogP contribution in [0.25, 0.3) is 0 Å². The molecule has 2 radical (unpaired) electrons. The average molecular weight is 317 g/mol. The topological polar surface area (TPSA) is 0 Å². The molecule has 0 bridgehead atoms. The molecule has 0 unspecified atom stereocenters. The molecule has 108 valence electrons. The maximum absolute atomic E-state index is 2.38. The summed E-state index contributed by atoms with van der Waals surface area (Å²) in [7, 11) is -1.28. The Morgan fingerprint density at radius 3 is 1.00 bits per heavy atom. The first kappa shape index (κ1) is 15.0. The molecular weight excluding hydrogens is 296 g/mol. The van der Waals surface area contributed by atoms with Gasteiger partial charge in [0.15, 0.2) is 0 Å². The van der Waals surface area contributed by atoms with Crippen LogP contribution >= 0.6 is 0 Å². The van der Waals surface area contributed by atoms with Crippen molar-refractivity contribution in [1.82, 2.24) is 0 Å². The molecule has 0 N–H and O–H groups in total. The molecule has 0 aliphatic rings. The molecule has 22 heavy (non-hydrogen) atoms. The SMILES string of the molecule is C[Si](c1ccccc1)c1ccc([Si](C)c2ccccc2)cc1. The zero-order valence-electron chi connectivity index (χ0n) is 13.1. The third-order valence-corrected chi connectivity index (χ3v) is 8.96. The van der Waals surface area contributed by atoms with Crippen molar-refractivity contribution in [2.45, 2.75) is 13.1 Å². The fourth-order valence-electron chi connectivity index (χ4n) is 2.68. The van der Waals surface area contributed by atoms with Gasteiger partial charge >= 0.3 is 0 Å². The van der Waals surface area contributed by atoms with Gasteiger partial charge in [-0.1, -0.05) is 119 Å². The predicted octanol–water partition coefficient (Wildman–Crippen LogP) is 2.16. The van der Waals surface area contributed by atoms with Crippen molar-refractivity contribution in [2.75, 3.05) is 0 Å². The van der Waals surface area contributed by atoms with Crippen molar-refractivity contribution in [3.05, 3.63) is 84.9 Å². The van der Waals surface area contributed by atoms with E-state index < -0.39 is 17.6 Å². The van der Waals surface area contributed by atoms with Gasteiger partial charge in [0.2, 0.25) is 0 Å². The lowest BCUT2D eigenvalue weighted by Gasteiger charge is -2.14. The maximum Gasteiger partial charge on any atom is 0.118 e. The van der Waals surface area contributed by atoms with Crippen molar-refractivity contribution in [3.63, 3.8) is 0 Å². The molecule has 0 nitrogen and oxygen atoms in total. The van der Waals surface area contributed by atoms with Gasteiger partial charge in [0, 0.05) is 0 Å². The Morgan fingerprint density at radius 1 is 0.409 bits per heavy atom. The highest BCUT2D eigenvalue weighted by atomic mass is 28.3. The van der Waals surface area contributed by atoms with Gasteiger partial charge in [-0.05, 0) is 0 Å². The van der Waals surface area contributed by atoms with E-state index in [1.54, 1.807) is 0 Å². The van der Waals surface area contributed by atoms with Crippen LogP contribution in [0.1, 0.15) is 0 Å². The molecular formula is C20H20Si2. The van der Waals surface area contributed by atoms with E-state index in [1.807, 2.05) is 0 Å². The van der Waals surface area contributed by atoms with Gasteiger partial charge in [0.1, 0.15) is 17.6 Å². The lowest BCUT2D eigenvalue weighted by Crippen LogP contribution is -2.42. The molecule has 3 aromatic carbocycles. The lowest BCUT2D eigenvalue weighted by atomic mass is 10.3. The highest BCUT2D eigenvalue weighted by Gasteiger charge is 2.13. The van der Waals surface area contributed by atoms with Crippen LogP contribution < -0.4 is 20.7 Å². The first-order valence-corrected chi connectivity index (χ1v) is 11.6. The summed E-state index contributed by atoms with van der Waals surface area (Å²) >= 11 is 0. The van der Waals surface area contributed by atoms with Crippen LogP contribution in [0.15, 0.2) is 84.9 Å². The van der Waals surface area contributed by atoms with Gasteiger partial charge in [0.05, 0.1) is 0 Å². The second-order valence-electron chi connectivity index (χ2n) is 5.56. The fraction of sp³-hybridized carbons (Fsp3) is 0.100. The number of rotatable bonds is 4. The third-order valence-electron chi connectivity index (χ3n) is 4.16. The highest BCUT2D eigenvalue weighted by molar-refractivity contribution is 6.85. The third kappa shape index (κ3) is 3.29. The zero-order valence-corrected chi connectivity index (χ0v) is 15.1. The molecule has 0 spiro atoms. The monoisotopic (exact) mass is 316 g/mol. The van der Waals surface area contributed by atoms with Crippen molar-refractivity contribution in [3.8, 4) is 0 Å². The van der Waals surface area contributed by atoms with E-state index in [2.05, 4.69) is 98.0 Å². The van der Waals surface area contributed by atoms with Crippen LogP contribution in [0.4, 0.5) is 0 Å². The van der Waals surface area contributed by atoms with Gasteiger partial charge in [-0.2, -0.15) is 0 Å². The number of hydrogen-bond acceptors (Lipinski definition) is 0. The summed E-state index contributed by atoms with van der Waals surface area (Å²) in [4.78, 5) is 0. The fourth-order valence-corrected chi connectivity index (χ4v) is 6.06. The summed E-state index contributed by atoms with van der Waals surface area (Å²) in [6.45, 7) is 4.76. The molecule has 0 heterocycles. The summed E-state index contributed by atoms with van der Waals surface area (Å²) in [6, 6.07) is 31.1. The lowest BCUT2D eigenvalue weighted by molar-refractivity contribution is 1.72. The van der Waals surface area contributed by atoms with Crippen LogP contribution in [-0.2, 0) is 0 Å². The van der Waals surface area contributed by atoms with E-state index in [0.717, 1.165) is 0 Å². The summed E-state index contributed by atoms with van der Waals surface area (Å²) in [5.74, 6) is 0. The molecule has 0 amide bonds. The van der Waals surface area contributed by atoms with Crippen LogP contribution in [-0.4, -0.2) is 17.6 Å². The van der Waals surface area contributed by atoms with Gasteiger partial charge in [-0.25, -0.2) is 0 Å². The minimum absolute atomic E-state index is 0.639. The Bertz CT molecular complexity index is 641. The summed E-state index contributed by atoms with van der Waals surface area (Å²) in [6.07, 6.45) is 0. The standard InChI is InChI=1S/C20H20Si2/c1-21(17-9-5-3-6-10-17)19-13-15-20(16-14-19)22(2)18-11-7-4-8-12-18/h3-16H,1-2H3. The van der Waals surface area contributed by atoms with Crippen LogP contribution in [0, 0.1) is 0 Å². The molecule has 0 atom stereocenters. The Hall–Kier alpha value is -1.91. The van der Waals surface area contributed by atoms with E-state index in [1.165, 1.54) is 20.7 Å². The van der Waals surface area contributed by atoms with Gasteiger partial charge in [0.25, 0.3) is 0 Å². The molecule has 0 saturated carbocycles. The minimum Gasteiger partial charge on any atom is -0.0630 e. The summed E-state index contributed by atoms with van der Waals surface area (Å²) < 4.78 is 0. The second-order valence-corrected chi connectivity index (χ2v) is 10.4. The van der Waals surface area contributed by atoms with Crippen LogP contribution in [0.2, 0.25) is 13.1 Å². The highest BCUT2D eigenvalue weighted by Crippen LogP contribution is 1.94. The van der Waals surface area contributed by atoms with E-state index in [-0.39, 0.29) is 0 Å². The van der Waals surface area contributed by atoms with Crippen LogP contribution in [0.3, 0.4) is 0 Å². The largest absolute Gasteiger partial charge is 0.118 e. The predicted molar refractivity (Wildman–Crippen MR) is 101 cm³/mol. The van der Waals surface area contributed by atoms with E-state index in [0.29, 0.717) is 0 Å². The Balaban J connectivity index is 1.81. The van der Waals surface area contributed by atoms with Crippen molar-refractivity contribution >= 4 is 38.3 Å². The quantitative estimate of drug-likeness (QED) is 0.647. The minimum atomic E-state index is -0.639.